The van der Waals surface area contributed by atoms with E-state index >= 15 is 0 Å². The lowest BCUT2D eigenvalue weighted by Gasteiger charge is -2.07. The summed E-state index contributed by atoms with van der Waals surface area (Å²) in [7, 11) is 0. The first-order valence-corrected chi connectivity index (χ1v) is 4.43. The molecule has 1 rings (SSSR count). The van der Waals surface area contributed by atoms with Gasteiger partial charge < -0.3 is 14.6 Å². The van der Waals surface area contributed by atoms with Crippen molar-refractivity contribution in [1.82, 2.24) is 0 Å². The molecule has 0 aliphatic rings. The van der Waals surface area contributed by atoms with E-state index in [1.54, 1.807) is 0 Å². The first kappa shape index (κ1) is 10.8. The highest BCUT2D eigenvalue weighted by Gasteiger charge is 2.03. The molecule has 0 saturated carbocycles. The molecule has 0 aromatic heterocycles. The molecule has 0 radical (unpaired) electrons. The number of aromatic hydroxyl groups is 1. The molecule has 0 unspecified atom stereocenters. The maximum Gasteiger partial charge on any atom is 0.163 e. The van der Waals surface area contributed by atoms with Crippen molar-refractivity contribution in [1.29, 1.82) is 0 Å². The molecule has 0 fully saturated rings. The summed E-state index contributed by atoms with van der Waals surface area (Å²) in [5, 5.41) is 9.26. The standard InChI is InChI=1S/C10H13FO3/c1-2-13-5-6-14-10-7-8(11)3-4-9(10)12/h3-4,7,12H,2,5-6H2,1H3. The van der Waals surface area contributed by atoms with Gasteiger partial charge in [-0.3, -0.25) is 0 Å². The predicted octanol–water partition coefficient (Wildman–Crippen LogP) is 1.95. The van der Waals surface area contributed by atoms with Gasteiger partial charge >= 0.3 is 0 Å². The summed E-state index contributed by atoms with van der Waals surface area (Å²) in [5.41, 5.74) is 0. The van der Waals surface area contributed by atoms with Gasteiger partial charge in [-0.25, -0.2) is 4.39 Å². The summed E-state index contributed by atoms with van der Waals surface area (Å²) in [6, 6.07) is 3.57. The van der Waals surface area contributed by atoms with Crippen LogP contribution in [0.15, 0.2) is 18.2 Å². The van der Waals surface area contributed by atoms with Crippen LogP contribution in [0.2, 0.25) is 0 Å². The van der Waals surface area contributed by atoms with Crippen molar-refractivity contribution in [3.8, 4) is 11.5 Å². The molecule has 0 aliphatic carbocycles. The highest BCUT2D eigenvalue weighted by Crippen LogP contribution is 2.25. The second kappa shape index (κ2) is 5.44. The Bertz CT molecular complexity index is 289. The minimum atomic E-state index is -0.436. The number of rotatable bonds is 5. The van der Waals surface area contributed by atoms with Crippen LogP contribution in [-0.4, -0.2) is 24.9 Å². The molecule has 14 heavy (non-hydrogen) atoms. The third-order valence-corrected chi connectivity index (χ3v) is 1.61. The van der Waals surface area contributed by atoms with Crippen LogP contribution in [-0.2, 0) is 4.74 Å². The summed E-state index contributed by atoms with van der Waals surface area (Å²) in [5.74, 6) is -0.359. The van der Waals surface area contributed by atoms with E-state index in [1.807, 2.05) is 6.92 Å². The maximum absolute atomic E-state index is 12.7. The molecule has 1 aromatic rings. The Morgan fingerprint density at radius 2 is 2.14 bits per heavy atom. The van der Waals surface area contributed by atoms with Gasteiger partial charge in [0, 0.05) is 12.7 Å². The van der Waals surface area contributed by atoms with Crippen LogP contribution in [0.3, 0.4) is 0 Å². The van der Waals surface area contributed by atoms with Gasteiger partial charge in [-0.2, -0.15) is 0 Å². The molecule has 0 aliphatic heterocycles. The van der Waals surface area contributed by atoms with Gasteiger partial charge in [0.1, 0.15) is 12.4 Å². The zero-order valence-electron chi connectivity index (χ0n) is 8.00. The van der Waals surface area contributed by atoms with Gasteiger partial charge in [-0.1, -0.05) is 0 Å². The van der Waals surface area contributed by atoms with E-state index in [1.165, 1.54) is 12.1 Å². The SMILES string of the molecule is CCOCCOc1cc(F)ccc1O. The summed E-state index contributed by atoms with van der Waals surface area (Å²) < 4.78 is 22.8. The number of hydrogen-bond acceptors (Lipinski definition) is 3. The number of benzene rings is 1. The molecule has 0 amide bonds. The third kappa shape index (κ3) is 3.22. The fourth-order valence-corrected chi connectivity index (χ4v) is 0.958. The summed E-state index contributed by atoms with van der Waals surface area (Å²) in [4.78, 5) is 0. The summed E-state index contributed by atoms with van der Waals surface area (Å²) in [6.45, 7) is 3.20. The Morgan fingerprint density at radius 3 is 2.86 bits per heavy atom. The van der Waals surface area contributed by atoms with Crippen LogP contribution in [0, 0.1) is 5.82 Å². The molecular formula is C10H13FO3. The van der Waals surface area contributed by atoms with Gasteiger partial charge in [0.15, 0.2) is 11.5 Å². The minimum absolute atomic E-state index is 0.0668. The fraction of sp³-hybridized carbons (Fsp3) is 0.400. The van der Waals surface area contributed by atoms with Crippen molar-refractivity contribution in [3.63, 3.8) is 0 Å². The van der Waals surface area contributed by atoms with Crippen LogP contribution in [0.1, 0.15) is 6.92 Å². The average molecular weight is 200 g/mol. The predicted molar refractivity (Wildman–Crippen MR) is 50.1 cm³/mol. The lowest BCUT2D eigenvalue weighted by Crippen LogP contribution is -2.06. The smallest absolute Gasteiger partial charge is 0.163 e. The second-order valence-electron chi connectivity index (χ2n) is 2.66. The van der Waals surface area contributed by atoms with Gasteiger partial charge in [-0.15, -0.1) is 0 Å². The van der Waals surface area contributed by atoms with Crippen LogP contribution < -0.4 is 4.74 Å². The quantitative estimate of drug-likeness (QED) is 0.738. The topological polar surface area (TPSA) is 38.7 Å². The molecule has 0 heterocycles. The van der Waals surface area contributed by atoms with E-state index in [0.717, 1.165) is 6.07 Å². The van der Waals surface area contributed by atoms with Crippen LogP contribution in [0.5, 0.6) is 11.5 Å². The molecular weight excluding hydrogens is 187 g/mol. The molecule has 0 bridgehead atoms. The largest absolute Gasteiger partial charge is 0.504 e. The lowest BCUT2D eigenvalue weighted by molar-refractivity contribution is 0.109. The molecule has 78 valence electrons. The van der Waals surface area contributed by atoms with Crippen LogP contribution in [0.4, 0.5) is 4.39 Å². The molecule has 0 spiro atoms. The van der Waals surface area contributed by atoms with E-state index < -0.39 is 5.82 Å². The Balaban J connectivity index is 2.45. The van der Waals surface area contributed by atoms with Crippen molar-refractivity contribution in [2.45, 2.75) is 6.92 Å². The van der Waals surface area contributed by atoms with Crippen molar-refractivity contribution in [2.75, 3.05) is 19.8 Å². The number of phenols is 1. The van der Waals surface area contributed by atoms with E-state index in [2.05, 4.69) is 0 Å². The van der Waals surface area contributed by atoms with Crippen molar-refractivity contribution < 1.29 is 19.0 Å². The van der Waals surface area contributed by atoms with Crippen LogP contribution >= 0.6 is 0 Å². The van der Waals surface area contributed by atoms with Crippen molar-refractivity contribution >= 4 is 0 Å². The van der Waals surface area contributed by atoms with Gasteiger partial charge in [0.2, 0.25) is 0 Å². The van der Waals surface area contributed by atoms with Gasteiger partial charge in [-0.05, 0) is 19.1 Å². The Hall–Kier alpha value is -1.29. The molecule has 4 heteroatoms. The molecule has 1 N–H and O–H groups in total. The zero-order valence-corrected chi connectivity index (χ0v) is 8.00. The minimum Gasteiger partial charge on any atom is -0.504 e. The fourth-order valence-electron chi connectivity index (χ4n) is 0.958. The highest BCUT2D eigenvalue weighted by molar-refractivity contribution is 5.38. The van der Waals surface area contributed by atoms with E-state index in [9.17, 15) is 9.50 Å². The van der Waals surface area contributed by atoms with Crippen LogP contribution in [0.25, 0.3) is 0 Å². The highest BCUT2D eigenvalue weighted by atomic mass is 19.1. The summed E-state index contributed by atoms with van der Waals surface area (Å²) >= 11 is 0. The number of phenolic OH excluding ortho intramolecular Hbond substituents is 1. The maximum atomic E-state index is 12.7. The number of ether oxygens (including phenoxy) is 2. The van der Waals surface area contributed by atoms with Crippen molar-refractivity contribution in [3.05, 3.63) is 24.0 Å². The first-order valence-electron chi connectivity index (χ1n) is 4.43. The molecule has 1 aromatic carbocycles. The third-order valence-electron chi connectivity index (χ3n) is 1.61. The van der Waals surface area contributed by atoms with E-state index in [-0.39, 0.29) is 11.5 Å². The second-order valence-corrected chi connectivity index (χ2v) is 2.66. The van der Waals surface area contributed by atoms with Crippen molar-refractivity contribution in [2.24, 2.45) is 0 Å². The molecule has 3 nitrogen and oxygen atoms in total. The number of hydrogen-bond donors (Lipinski definition) is 1. The average Bonchev–Trinajstić information content (AvgIpc) is 2.18. The van der Waals surface area contributed by atoms with Gasteiger partial charge in [0.25, 0.3) is 0 Å². The first-order chi connectivity index (χ1) is 6.74. The molecule has 0 saturated heterocycles. The zero-order chi connectivity index (χ0) is 10.4. The van der Waals surface area contributed by atoms with E-state index in [0.29, 0.717) is 19.8 Å². The summed E-state index contributed by atoms with van der Waals surface area (Å²) in [6.07, 6.45) is 0. The molecule has 0 atom stereocenters. The Labute approximate surface area is 82.1 Å². The Kier molecular flexibility index (Phi) is 4.19. The lowest BCUT2D eigenvalue weighted by atomic mass is 10.3. The van der Waals surface area contributed by atoms with Gasteiger partial charge in [0.05, 0.1) is 6.61 Å². The Morgan fingerprint density at radius 1 is 1.36 bits per heavy atom. The normalized spacial score (nSPS) is 10.1. The monoisotopic (exact) mass is 200 g/mol. The van der Waals surface area contributed by atoms with E-state index in [4.69, 9.17) is 9.47 Å². The number of halogens is 1.